The molecule has 0 amide bonds. The molecule has 0 aliphatic heterocycles. The third kappa shape index (κ3) is 2.13. The lowest BCUT2D eigenvalue weighted by molar-refractivity contribution is 0.106. The largest absolute Gasteiger partial charge is 0.325 e. The Balaban J connectivity index is 2.75. The molecule has 0 aromatic carbocycles. The van der Waals surface area contributed by atoms with Crippen LogP contribution in [0.2, 0.25) is 0 Å². The van der Waals surface area contributed by atoms with Gasteiger partial charge in [0.15, 0.2) is 0 Å². The summed E-state index contributed by atoms with van der Waals surface area (Å²) in [6.45, 7) is 6.90. The van der Waals surface area contributed by atoms with Crippen LogP contribution < -0.4 is 5.73 Å². The maximum atomic E-state index is 6.68. The molecule has 0 spiro atoms. The second-order valence-electron chi connectivity index (χ2n) is 4.98. The van der Waals surface area contributed by atoms with Gasteiger partial charge in [-0.1, -0.05) is 52.9 Å². The monoisotopic (exact) mass is 197 g/mol. The maximum absolute atomic E-state index is 6.68. The van der Waals surface area contributed by atoms with Crippen LogP contribution in [-0.2, 0) is 0 Å². The van der Waals surface area contributed by atoms with Crippen LogP contribution >= 0.6 is 0 Å². The Labute approximate surface area is 89.5 Å². The molecule has 1 aliphatic rings. The van der Waals surface area contributed by atoms with Crippen molar-refractivity contribution < 1.29 is 0 Å². The summed E-state index contributed by atoms with van der Waals surface area (Å²) in [6.07, 6.45) is 9.16. The fourth-order valence-electron chi connectivity index (χ4n) is 3.47. The first-order chi connectivity index (χ1) is 6.69. The topological polar surface area (TPSA) is 26.0 Å². The summed E-state index contributed by atoms with van der Waals surface area (Å²) in [4.78, 5) is 0. The average Bonchev–Trinajstić information content (AvgIpc) is 2.20. The van der Waals surface area contributed by atoms with Gasteiger partial charge < -0.3 is 5.73 Å². The minimum absolute atomic E-state index is 0.163. The summed E-state index contributed by atoms with van der Waals surface area (Å²) < 4.78 is 0. The maximum Gasteiger partial charge on any atom is 0.0211 e. The van der Waals surface area contributed by atoms with Crippen molar-refractivity contribution in [3.63, 3.8) is 0 Å². The van der Waals surface area contributed by atoms with Gasteiger partial charge >= 0.3 is 0 Å². The Kier molecular flexibility index (Phi) is 4.43. The zero-order valence-electron chi connectivity index (χ0n) is 10.2. The lowest BCUT2D eigenvalue weighted by Crippen LogP contribution is -2.54. The van der Waals surface area contributed by atoms with Gasteiger partial charge in [-0.05, 0) is 24.7 Å². The molecular weight excluding hydrogens is 170 g/mol. The van der Waals surface area contributed by atoms with Crippen molar-refractivity contribution in [2.24, 2.45) is 17.6 Å². The van der Waals surface area contributed by atoms with Crippen LogP contribution in [-0.4, -0.2) is 5.54 Å². The molecule has 1 rings (SSSR count). The number of rotatable bonds is 4. The van der Waals surface area contributed by atoms with Crippen molar-refractivity contribution in [3.8, 4) is 0 Å². The minimum Gasteiger partial charge on any atom is -0.325 e. The van der Waals surface area contributed by atoms with E-state index >= 15 is 0 Å². The van der Waals surface area contributed by atoms with E-state index in [1.165, 1.54) is 44.9 Å². The molecule has 1 fully saturated rings. The van der Waals surface area contributed by atoms with Gasteiger partial charge in [-0.25, -0.2) is 0 Å². The zero-order valence-corrected chi connectivity index (χ0v) is 10.2. The first-order valence-corrected chi connectivity index (χ1v) is 6.47. The molecule has 0 saturated heterocycles. The van der Waals surface area contributed by atoms with Crippen molar-refractivity contribution in [2.45, 2.75) is 71.3 Å². The molecule has 0 aromatic heterocycles. The van der Waals surface area contributed by atoms with E-state index in [2.05, 4.69) is 20.8 Å². The predicted molar refractivity (Wildman–Crippen MR) is 63.2 cm³/mol. The van der Waals surface area contributed by atoms with Gasteiger partial charge in [0, 0.05) is 5.54 Å². The van der Waals surface area contributed by atoms with Gasteiger partial charge in [0.05, 0.1) is 0 Å². The molecule has 84 valence electrons. The molecule has 2 atom stereocenters. The standard InChI is InChI=1S/C13H27N/c1-4-11(5-2)13(14)10-8-7-9-12(13)6-3/h11-12H,4-10,14H2,1-3H3. The van der Waals surface area contributed by atoms with E-state index in [-0.39, 0.29) is 5.54 Å². The minimum atomic E-state index is 0.163. The zero-order chi connectivity index (χ0) is 10.6. The van der Waals surface area contributed by atoms with E-state index in [1.54, 1.807) is 0 Å². The van der Waals surface area contributed by atoms with Crippen molar-refractivity contribution in [3.05, 3.63) is 0 Å². The third-order valence-corrected chi connectivity index (χ3v) is 4.41. The normalized spacial score (nSPS) is 33.6. The van der Waals surface area contributed by atoms with Crippen LogP contribution in [0, 0.1) is 11.8 Å². The van der Waals surface area contributed by atoms with Gasteiger partial charge in [0.25, 0.3) is 0 Å². The summed E-state index contributed by atoms with van der Waals surface area (Å²) >= 11 is 0. The summed E-state index contributed by atoms with van der Waals surface area (Å²) in [6, 6.07) is 0. The molecule has 2 N–H and O–H groups in total. The molecule has 1 heteroatoms. The van der Waals surface area contributed by atoms with Crippen LogP contribution in [0.3, 0.4) is 0 Å². The quantitative estimate of drug-likeness (QED) is 0.730. The van der Waals surface area contributed by atoms with Gasteiger partial charge in [-0.15, -0.1) is 0 Å². The van der Waals surface area contributed by atoms with Crippen LogP contribution in [0.4, 0.5) is 0 Å². The molecule has 1 saturated carbocycles. The molecule has 2 unspecified atom stereocenters. The number of nitrogens with two attached hydrogens (primary N) is 1. The average molecular weight is 197 g/mol. The van der Waals surface area contributed by atoms with Crippen molar-refractivity contribution in [1.29, 1.82) is 0 Å². The van der Waals surface area contributed by atoms with E-state index in [9.17, 15) is 0 Å². The third-order valence-electron chi connectivity index (χ3n) is 4.41. The van der Waals surface area contributed by atoms with Crippen molar-refractivity contribution in [2.75, 3.05) is 0 Å². The molecule has 0 radical (unpaired) electrons. The Bertz CT molecular complexity index is 153. The summed E-state index contributed by atoms with van der Waals surface area (Å²) in [7, 11) is 0. The molecule has 1 aliphatic carbocycles. The first kappa shape index (κ1) is 12.0. The second-order valence-corrected chi connectivity index (χ2v) is 4.98. The fourth-order valence-corrected chi connectivity index (χ4v) is 3.47. The van der Waals surface area contributed by atoms with E-state index in [1.807, 2.05) is 0 Å². The molecule has 0 heterocycles. The van der Waals surface area contributed by atoms with Gasteiger partial charge in [-0.2, -0.15) is 0 Å². The van der Waals surface area contributed by atoms with E-state index in [0.29, 0.717) is 0 Å². The number of hydrogen-bond donors (Lipinski definition) is 1. The van der Waals surface area contributed by atoms with Gasteiger partial charge in [0.1, 0.15) is 0 Å². The molecule has 0 aromatic rings. The fraction of sp³-hybridized carbons (Fsp3) is 1.00. The van der Waals surface area contributed by atoms with Crippen LogP contribution in [0.1, 0.15) is 65.7 Å². The van der Waals surface area contributed by atoms with Crippen LogP contribution in [0.15, 0.2) is 0 Å². The Morgan fingerprint density at radius 2 is 1.86 bits per heavy atom. The van der Waals surface area contributed by atoms with Crippen LogP contribution in [0.5, 0.6) is 0 Å². The summed E-state index contributed by atoms with van der Waals surface area (Å²) in [5.41, 5.74) is 6.84. The highest BCUT2D eigenvalue weighted by Gasteiger charge is 2.40. The molecule has 14 heavy (non-hydrogen) atoms. The molecule has 0 bridgehead atoms. The van der Waals surface area contributed by atoms with Crippen molar-refractivity contribution >= 4 is 0 Å². The lowest BCUT2D eigenvalue weighted by atomic mass is 9.64. The highest BCUT2D eigenvalue weighted by molar-refractivity contribution is 4.97. The van der Waals surface area contributed by atoms with Gasteiger partial charge in [0.2, 0.25) is 0 Å². The predicted octanol–water partition coefficient (Wildman–Crippen LogP) is 3.72. The van der Waals surface area contributed by atoms with E-state index < -0.39 is 0 Å². The lowest BCUT2D eigenvalue weighted by Gasteiger charge is -2.46. The Morgan fingerprint density at radius 1 is 1.21 bits per heavy atom. The SMILES string of the molecule is CCC(CC)C1(N)CCCCC1CC. The molecular formula is C13H27N. The van der Waals surface area contributed by atoms with Crippen LogP contribution in [0.25, 0.3) is 0 Å². The van der Waals surface area contributed by atoms with E-state index in [0.717, 1.165) is 11.8 Å². The van der Waals surface area contributed by atoms with E-state index in [4.69, 9.17) is 5.73 Å². The Hall–Kier alpha value is -0.0400. The number of hydrogen-bond acceptors (Lipinski definition) is 1. The van der Waals surface area contributed by atoms with Gasteiger partial charge in [-0.3, -0.25) is 0 Å². The highest BCUT2D eigenvalue weighted by atomic mass is 14.8. The molecule has 1 nitrogen and oxygen atoms in total. The smallest absolute Gasteiger partial charge is 0.0211 e. The Morgan fingerprint density at radius 3 is 2.36 bits per heavy atom. The summed E-state index contributed by atoms with van der Waals surface area (Å²) in [5.74, 6) is 1.52. The summed E-state index contributed by atoms with van der Waals surface area (Å²) in [5, 5.41) is 0. The highest BCUT2D eigenvalue weighted by Crippen LogP contribution is 2.41. The first-order valence-electron chi connectivity index (χ1n) is 6.47. The second kappa shape index (κ2) is 5.16. The van der Waals surface area contributed by atoms with Crippen molar-refractivity contribution in [1.82, 2.24) is 0 Å².